The SMILES string of the molecule is CCCCC(C)NCc1ccc(OCCC)cc1. The van der Waals surface area contributed by atoms with Crippen LogP contribution in [0.1, 0.15) is 52.0 Å². The Balaban J connectivity index is 2.30. The van der Waals surface area contributed by atoms with Gasteiger partial charge in [-0.2, -0.15) is 0 Å². The van der Waals surface area contributed by atoms with Crippen LogP contribution in [-0.4, -0.2) is 12.6 Å². The van der Waals surface area contributed by atoms with Gasteiger partial charge in [0.05, 0.1) is 6.61 Å². The van der Waals surface area contributed by atoms with E-state index in [0.29, 0.717) is 6.04 Å². The quantitative estimate of drug-likeness (QED) is 0.710. The maximum Gasteiger partial charge on any atom is 0.119 e. The maximum atomic E-state index is 5.57. The molecule has 2 heteroatoms. The predicted octanol–water partition coefficient (Wildman–Crippen LogP) is 4.14. The van der Waals surface area contributed by atoms with Crippen molar-refractivity contribution in [2.45, 2.75) is 59.0 Å². The molecule has 0 aliphatic rings. The second-order valence-electron chi connectivity index (χ2n) is 4.92. The summed E-state index contributed by atoms with van der Waals surface area (Å²) < 4.78 is 5.57. The van der Waals surface area contributed by atoms with Gasteiger partial charge in [-0.1, -0.05) is 38.8 Å². The molecule has 0 aliphatic carbocycles. The fourth-order valence-electron chi connectivity index (χ4n) is 1.83. The summed E-state index contributed by atoms with van der Waals surface area (Å²) in [6, 6.07) is 9.00. The van der Waals surface area contributed by atoms with Gasteiger partial charge in [-0.3, -0.25) is 0 Å². The van der Waals surface area contributed by atoms with Crippen molar-refractivity contribution in [3.8, 4) is 5.75 Å². The third kappa shape index (κ3) is 6.06. The Morgan fingerprint density at radius 3 is 2.44 bits per heavy atom. The molecule has 1 atom stereocenters. The summed E-state index contributed by atoms with van der Waals surface area (Å²) in [4.78, 5) is 0. The maximum absolute atomic E-state index is 5.57. The standard InChI is InChI=1S/C16H27NO/c1-4-6-7-14(3)17-13-15-8-10-16(11-9-15)18-12-5-2/h8-11,14,17H,4-7,12-13H2,1-3H3. The molecular weight excluding hydrogens is 222 g/mol. The largest absolute Gasteiger partial charge is 0.494 e. The summed E-state index contributed by atoms with van der Waals surface area (Å²) in [5.41, 5.74) is 1.32. The Kier molecular flexibility index (Phi) is 7.51. The normalized spacial score (nSPS) is 12.4. The fourth-order valence-corrected chi connectivity index (χ4v) is 1.83. The van der Waals surface area contributed by atoms with Gasteiger partial charge in [0.25, 0.3) is 0 Å². The van der Waals surface area contributed by atoms with E-state index in [-0.39, 0.29) is 0 Å². The minimum Gasteiger partial charge on any atom is -0.494 e. The van der Waals surface area contributed by atoms with Gasteiger partial charge in [0.2, 0.25) is 0 Å². The van der Waals surface area contributed by atoms with Crippen molar-refractivity contribution in [1.29, 1.82) is 0 Å². The van der Waals surface area contributed by atoms with Crippen molar-refractivity contribution in [1.82, 2.24) is 5.32 Å². The van der Waals surface area contributed by atoms with Crippen LogP contribution in [0.25, 0.3) is 0 Å². The number of hydrogen-bond acceptors (Lipinski definition) is 2. The molecular formula is C16H27NO. The van der Waals surface area contributed by atoms with Crippen molar-refractivity contribution in [3.05, 3.63) is 29.8 Å². The van der Waals surface area contributed by atoms with Crippen LogP contribution < -0.4 is 10.1 Å². The summed E-state index contributed by atoms with van der Waals surface area (Å²) in [5.74, 6) is 0.972. The summed E-state index contributed by atoms with van der Waals surface area (Å²) in [7, 11) is 0. The zero-order valence-electron chi connectivity index (χ0n) is 12.0. The highest BCUT2D eigenvalue weighted by Crippen LogP contribution is 2.12. The molecule has 1 rings (SSSR count). The molecule has 0 bridgehead atoms. The molecule has 1 N–H and O–H groups in total. The molecule has 102 valence electrons. The van der Waals surface area contributed by atoms with E-state index in [9.17, 15) is 0 Å². The summed E-state index contributed by atoms with van der Waals surface area (Å²) >= 11 is 0. The third-order valence-corrected chi connectivity index (χ3v) is 3.04. The van der Waals surface area contributed by atoms with Crippen molar-refractivity contribution in [3.63, 3.8) is 0 Å². The first-order valence-corrected chi connectivity index (χ1v) is 7.21. The first-order valence-electron chi connectivity index (χ1n) is 7.21. The van der Waals surface area contributed by atoms with E-state index in [1.807, 2.05) is 0 Å². The van der Waals surface area contributed by atoms with Crippen molar-refractivity contribution in [2.24, 2.45) is 0 Å². The van der Waals surface area contributed by atoms with E-state index in [2.05, 4.69) is 50.4 Å². The molecule has 0 amide bonds. The zero-order chi connectivity index (χ0) is 13.2. The Morgan fingerprint density at radius 1 is 1.11 bits per heavy atom. The minimum atomic E-state index is 0.598. The molecule has 0 fully saturated rings. The molecule has 0 aromatic heterocycles. The average Bonchev–Trinajstić information content (AvgIpc) is 2.41. The van der Waals surface area contributed by atoms with Crippen molar-refractivity contribution >= 4 is 0 Å². The summed E-state index contributed by atoms with van der Waals surface area (Å²) in [5, 5.41) is 3.56. The molecule has 1 aromatic rings. The van der Waals surface area contributed by atoms with Gasteiger partial charge in [-0.05, 0) is 37.5 Å². The van der Waals surface area contributed by atoms with Crippen LogP contribution in [-0.2, 0) is 6.54 Å². The average molecular weight is 249 g/mol. The highest BCUT2D eigenvalue weighted by atomic mass is 16.5. The molecule has 1 aromatic carbocycles. The smallest absolute Gasteiger partial charge is 0.119 e. The van der Waals surface area contributed by atoms with Crippen LogP contribution in [0, 0.1) is 0 Å². The fraction of sp³-hybridized carbons (Fsp3) is 0.625. The number of hydrogen-bond donors (Lipinski definition) is 1. The predicted molar refractivity (Wildman–Crippen MR) is 78.1 cm³/mol. The minimum absolute atomic E-state index is 0.598. The van der Waals surface area contributed by atoms with Crippen molar-refractivity contribution in [2.75, 3.05) is 6.61 Å². The van der Waals surface area contributed by atoms with Gasteiger partial charge in [-0.15, -0.1) is 0 Å². The van der Waals surface area contributed by atoms with Gasteiger partial charge in [0.1, 0.15) is 5.75 Å². The van der Waals surface area contributed by atoms with Crippen LogP contribution >= 0.6 is 0 Å². The molecule has 18 heavy (non-hydrogen) atoms. The van der Waals surface area contributed by atoms with Gasteiger partial charge in [-0.25, -0.2) is 0 Å². The van der Waals surface area contributed by atoms with Crippen LogP contribution in [0.15, 0.2) is 24.3 Å². The molecule has 2 nitrogen and oxygen atoms in total. The Labute approximate surface area is 112 Å². The molecule has 1 unspecified atom stereocenters. The van der Waals surface area contributed by atoms with E-state index in [1.54, 1.807) is 0 Å². The Morgan fingerprint density at radius 2 is 1.83 bits per heavy atom. The second-order valence-corrected chi connectivity index (χ2v) is 4.92. The molecule has 0 aliphatic heterocycles. The molecule has 0 saturated heterocycles. The van der Waals surface area contributed by atoms with Crippen molar-refractivity contribution < 1.29 is 4.74 Å². The summed E-state index contributed by atoms with van der Waals surface area (Å²) in [6.45, 7) is 8.36. The number of benzene rings is 1. The van der Waals surface area contributed by atoms with Crippen LogP contribution in [0.5, 0.6) is 5.75 Å². The van der Waals surface area contributed by atoms with E-state index in [1.165, 1.54) is 24.8 Å². The second kappa shape index (κ2) is 8.98. The molecule has 0 spiro atoms. The third-order valence-electron chi connectivity index (χ3n) is 3.04. The van der Waals surface area contributed by atoms with E-state index < -0.39 is 0 Å². The molecule has 0 saturated carbocycles. The van der Waals surface area contributed by atoms with Gasteiger partial charge in [0.15, 0.2) is 0 Å². The van der Waals surface area contributed by atoms with E-state index in [0.717, 1.165) is 25.3 Å². The van der Waals surface area contributed by atoms with Crippen LogP contribution in [0.2, 0.25) is 0 Å². The first-order chi connectivity index (χ1) is 8.76. The van der Waals surface area contributed by atoms with Gasteiger partial charge >= 0.3 is 0 Å². The highest BCUT2D eigenvalue weighted by Gasteiger charge is 2.01. The first kappa shape index (κ1) is 15.0. The monoisotopic (exact) mass is 249 g/mol. The van der Waals surface area contributed by atoms with Gasteiger partial charge < -0.3 is 10.1 Å². The van der Waals surface area contributed by atoms with Gasteiger partial charge in [0, 0.05) is 12.6 Å². The lowest BCUT2D eigenvalue weighted by molar-refractivity contribution is 0.317. The number of ether oxygens (including phenoxy) is 1. The Bertz CT molecular complexity index is 307. The number of unbranched alkanes of at least 4 members (excludes halogenated alkanes) is 1. The zero-order valence-corrected chi connectivity index (χ0v) is 12.0. The Hall–Kier alpha value is -1.02. The van der Waals surface area contributed by atoms with E-state index >= 15 is 0 Å². The summed E-state index contributed by atoms with van der Waals surface area (Å²) in [6.07, 6.45) is 4.89. The topological polar surface area (TPSA) is 21.3 Å². The van der Waals surface area contributed by atoms with E-state index in [4.69, 9.17) is 4.74 Å². The lowest BCUT2D eigenvalue weighted by Gasteiger charge is -2.13. The lowest BCUT2D eigenvalue weighted by Crippen LogP contribution is -2.25. The lowest BCUT2D eigenvalue weighted by atomic mass is 10.1. The highest BCUT2D eigenvalue weighted by molar-refractivity contribution is 5.27. The van der Waals surface area contributed by atoms with Crippen LogP contribution in [0.4, 0.5) is 0 Å². The molecule has 0 heterocycles. The number of rotatable bonds is 9. The molecule has 0 radical (unpaired) electrons. The van der Waals surface area contributed by atoms with Crippen LogP contribution in [0.3, 0.4) is 0 Å². The number of nitrogens with one attached hydrogen (secondary N) is 1.